The first-order chi connectivity index (χ1) is 13.2. The van der Waals surface area contributed by atoms with Gasteiger partial charge in [0, 0.05) is 18.3 Å². The highest BCUT2D eigenvalue weighted by Crippen LogP contribution is 2.18. The van der Waals surface area contributed by atoms with Crippen LogP contribution in [0.1, 0.15) is 5.56 Å². The number of benzene rings is 2. The lowest BCUT2D eigenvalue weighted by Crippen LogP contribution is -2.22. The summed E-state index contributed by atoms with van der Waals surface area (Å²) in [5, 5.41) is 11.8. The van der Waals surface area contributed by atoms with Crippen LogP contribution < -0.4 is 10.9 Å². The van der Waals surface area contributed by atoms with E-state index in [2.05, 4.69) is 15.5 Å². The largest absolute Gasteiger partial charge is 0.378 e. The minimum atomic E-state index is -0.368. The fraction of sp³-hybridized carbons (Fsp3) is 0.0500. The molecule has 0 aliphatic carbocycles. The van der Waals surface area contributed by atoms with Crippen LogP contribution in [-0.2, 0) is 6.54 Å². The number of hydrogen-bond acceptors (Lipinski definition) is 4. The molecule has 0 radical (unpaired) electrons. The Hall–Kier alpha value is -3.38. The van der Waals surface area contributed by atoms with Crippen LogP contribution in [0, 0.1) is 0 Å². The highest BCUT2D eigenvalue weighted by Gasteiger charge is 2.11. The number of halogens is 1. The number of para-hydroxylation sites is 2. The second kappa shape index (κ2) is 7.47. The summed E-state index contributed by atoms with van der Waals surface area (Å²) in [4.78, 5) is 12.5. The summed E-state index contributed by atoms with van der Waals surface area (Å²) in [7, 11) is 0. The van der Waals surface area contributed by atoms with E-state index in [-0.39, 0.29) is 10.6 Å². The minimum Gasteiger partial charge on any atom is -0.378 e. The van der Waals surface area contributed by atoms with Crippen molar-refractivity contribution in [2.45, 2.75) is 6.54 Å². The fourth-order valence-electron chi connectivity index (χ4n) is 2.68. The van der Waals surface area contributed by atoms with E-state index in [0.717, 1.165) is 11.3 Å². The maximum Gasteiger partial charge on any atom is 0.292 e. The molecule has 0 bridgehead atoms. The van der Waals surface area contributed by atoms with Crippen molar-refractivity contribution in [2.24, 2.45) is 0 Å². The van der Waals surface area contributed by atoms with Crippen LogP contribution >= 0.6 is 11.6 Å². The molecule has 27 heavy (non-hydrogen) atoms. The molecule has 4 rings (SSSR count). The monoisotopic (exact) mass is 377 g/mol. The Morgan fingerprint density at radius 2 is 1.56 bits per heavy atom. The third-order valence-corrected chi connectivity index (χ3v) is 4.42. The van der Waals surface area contributed by atoms with Crippen LogP contribution in [0.2, 0.25) is 5.02 Å². The summed E-state index contributed by atoms with van der Waals surface area (Å²) >= 11 is 6.26. The lowest BCUT2D eigenvalue weighted by Gasteiger charge is -2.09. The van der Waals surface area contributed by atoms with Crippen molar-refractivity contribution in [3.63, 3.8) is 0 Å². The Morgan fingerprint density at radius 3 is 2.26 bits per heavy atom. The molecular formula is C20H16ClN5O. The zero-order valence-corrected chi connectivity index (χ0v) is 15.0. The zero-order valence-electron chi connectivity index (χ0n) is 14.3. The molecule has 6 nitrogen and oxygen atoms in total. The first-order valence-electron chi connectivity index (χ1n) is 8.38. The van der Waals surface area contributed by atoms with Gasteiger partial charge in [-0.05, 0) is 24.3 Å². The molecule has 2 aromatic carbocycles. The SMILES string of the molecule is O=c1c(Cl)c(NCc2cnn(-c3ccccc3)c2)cnn1-c1ccccc1. The average Bonchev–Trinajstić information content (AvgIpc) is 3.19. The maximum absolute atomic E-state index is 12.5. The Bertz CT molecular complexity index is 1110. The summed E-state index contributed by atoms with van der Waals surface area (Å²) in [6.07, 6.45) is 5.25. The molecule has 0 saturated carbocycles. The van der Waals surface area contributed by atoms with Crippen molar-refractivity contribution in [1.29, 1.82) is 0 Å². The van der Waals surface area contributed by atoms with E-state index >= 15 is 0 Å². The summed E-state index contributed by atoms with van der Waals surface area (Å²) in [5.41, 5.74) is 2.73. The van der Waals surface area contributed by atoms with Crippen LogP contribution in [0.25, 0.3) is 11.4 Å². The van der Waals surface area contributed by atoms with Gasteiger partial charge in [0.1, 0.15) is 5.02 Å². The molecule has 0 saturated heterocycles. The van der Waals surface area contributed by atoms with Crippen LogP contribution in [0.15, 0.2) is 84.0 Å². The summed E-state index contributed by atoms with van der Waals surface area (Å²) < 4.78 is 3.07. The van der Waals surface area contributed by atoms with Crippen molar-refractivity contribution >= 4 is 17.3 Å². The van der Waals surface area contributed by atoms with Crippen LogP contribution in [0.5, 0.6) is 0 Å². The Kier molecular flexibility index (Phi) is 4.72. The second-order valence-electron chi connectivity index (χ2n) is 5.91. The van der Waals surface area contributed by atoms with Crippen molar-refractivity contribution < 1.29 is 0 Å². The molecule has 0 aliphatic heterocycles. The minimum absolute atomic E-state index is 0.101. The number of nitrogens with one attached hydrogen (secondary N) is 1. The number of rotatable bonds is 5. The predicted molar refractivity (Wildman–Crippen MR) is 106 cm³/mol. The number of nitrogens with zero attached hydrogens (tertiary/aromatic N) is 4. The van der Waals surface area contributed by atoms with Crippen LogP contribution in [-0.4, -0.2) is 19.6 Å². The van der Waals surface area contributed by atoms with E-state index in [1.807, 2.05) is 54.7 Å². The molecule has 2 aromatic heterocycles. The van der Waals surface area contributed by atoms with Gasteiger partial charge in [0.25, 0.3) is 5.56 Å². The van der Waals surface area contributed by atoms with E-state index in [1.54, 1.807) is 29.2 Å². The second-order valence-corrected chi connectivity index (χ2v) is 6.28. The van der Waals surface area contributed by atoms with E-state index in [1.165, 1.54) is 4.68 Å². The van der Waals surface area contributed by atoms with Crippen molar-refractivity contribution in [3.05, 3.63) is 100 Å². The molecule has 0 atom stereocenters. The van der Waals surface area contributed by atoms with E-state index < -0.39 is 0 Å². The normalized spacial score (nSPS) is 10.7. The molecule has 0 spiro atoms. The summed E-state index contributed by atoms with van der Waals surface area (Å²) in [6.45, 7) is 0.475. The van der Waals surface area contributed by atoms with E-state index in [0.29, 0.717) is 17.9 Å². The molecule has 0 aliphatic rings. The first kappa shape index (κ1) is 17.1. The summed E-state index contributed by atoms with van der Waals surface area (Å²) in [5.74, 6) is 0. The average molecular weight is 378 g/mol. The van der Waals surface area contributed by atoms with Crippen LogP contribution in [0.3, 0.4) is 0 Å². The smallest absolute Gasteiger partial charge is 0.292 e. The van der Waals surface area contributed by atoms with Gasteiger partial charge in [-0.1, -0.05) is 48.0 Å². The van der Waals surface area contributed by atoms with Crippen LogP contribution in [0.4, 0.5) is 5.69 Å². The third-order valence-electron chi connectivity index (χ3n) is 4.06. The maximum atomic E-state index is 12.5. The topological polar surface area (TPSA) is 64.7 Å². The number of anilines is 1. The molecule has 0 amide bonds. The predicted octanol–water partition coefficient (Wildman–Crippen LogP) is 3.68. The van der Waals surface area contributed by atoms with Gasteiger partial charge in [0.2, 0.25) is 0 Å². The van der Waals surface area contributed by atoms with Gasteiger partial charge >= 0.3 is 0 Å². The molecule has 0 fully saturated rings. The van der Waals surface area contributed by atoms with Gasteiger partial charge < -0.3 is 5.32 Å². The van der Waals surface area contributed by atoms with E-state index in [9.17, 15) is 4.79 Å². The van der Waals surface area contributed by atoms with Crippen molar-refractivity contribution in [3.8, 4) is 11.4 Å². The molecule has 4 aromatic rings. The van der Waals surface area contributed by atoms with Crippen molar-refractivity contribution in [1.82, 2.24) is 19.6 Å². The molecule has 134 valence electrons. The van der Waals surface area contributed by atoms with Gasteiger partial charge in [-0.25, -0.2) is 4.68 Å². The fourth-order valence-corrected chi connectivity index (χ4v) is 2.88. The van der Waals surface area contributed by atoms with Gasteiger partial charge in [0.15, 0.2) is 0 Å². The highest BCUT2D eigenvalue weighted by molar-refractivity contribution is 6.32. The molecule has 1 N–H and O–H groups in total. The van der Waals surface area contributed by atoms with Gasteiger partial charge in [-0.15, -0.1) is 0 Å². The van der Waals surface area contributed by atoms with E-state index in [4.69, 9.17) is 11.6 Å². The van der Waals surface area contributed by atoms with Gasteiger partial charge in [-0.2, -0.15) is 14.9 Å². The Balaban J connectivity index is 1.52. The quantitative estimate of drug-likeness (QED) is 0.576. The summed E-state index contributed by atoms with van der Waals surface area (Å²) in [6, 6.07) is 19.0. The van der Waals surface area contributed by atoms with Gasteiger partial charge in [-0.3, -0.25) is 4.79 Å². The number of aromatic nitrogens is 4. The molecule has 0 unspecified atom stereocenters. The molecule has 7 heteroatoms. The highest BCUT2D eigenvalue weighted by atomic mass is 35.5. The zero-order chi connectivity index (χ0) is 18.6. The number of hydrogen-bond donors (Lipinski definition) is 1. The Morgan fingerprint density at radius 1 is 0.889 bits per heavy atom. The van der Waals surface area contributed by atoms with Crippen molar-refractivity contribution in [2.75, 3.05) is 5.32 Å². The molecular weight excluding hydrogens is 362 g/mol. The Labute approximate surface area is 160 Å². The molecule has 2 heterocycles. The lowest BCUT2D eigenvalue weighted by molar-refractivity contribution is 0.807. The van der Waals surface area contributed by atoms with Gasteiger partial charge in [0.05, 0.1) is 29.5 Å². The standard InChI is InChI=1S/C20H16ClN5O/c21-19-18(13-24-26(20(19)27)17-9-5-2-6-10-17)22-11-15-12-23-25(14-15)16-7-3-1-4-8-16/h1-10,12-14,22H,11H2. The first-order valence-corrected chi connectivity index (χ1v) is 8.76. The lowest BCUT2D eigenvalue weighted by atomic mass is 10.3. The third kappa shape index (κ3) is 3.61.